The van der Waals surface area contributed by atoms with E-state index in [0.29, 0.717) is 17.1 Å². The summed E-state index contributed by atoms with van der Waals surface area (Å²) in [6.07, 6.45) is 3.46. The van der Waals surface area contributed by atoms with Crippen LogP contribution in [0.25, 0.3) is 0 Å². The van der Waals surface area contributed by atoms with Gasteiger partial charge in [-0.25, -0.2) is 4.98 Å². The zero-order valence-corrected chi connectivity index (χ0v) is 13.5. The van der Waals surface area contributed by atoms with Crippen molar-refractivity contribution < 1.29 is 9.90 Å². The van der Waals surface area contributed by atoms with Gasteiger partial charge in [-0.3, -0.25) is 9.69 Å². The number of likely N-dealkylation sites (N-methyl/N-ethyl adjacent to an activating group) is 1. The summed E-state index contributed by atoms with van der Waals surface area (Å²) < 4.78 is 0.839. The van der Waals surface area contributed by atoms with Gasteiger partial charge in [0.05, 0.1) is 16.0 Å². The number of carbonyl (C=O) groups is 1. The van der Waals surface area contributed by atoms with Crippen LogP contribution < -0.4 is 5.32 Å². The summed E-state index contributed by atoms with van der Waals surface area (Å²) in [5.74, 6) is 0.00417. The molecule has 1 aliphatic rings. The standard InChI is InChI=1S/C13H17BrClN3O2/c1-2-18(7-12(19)20)10-4-9(5-10)17-13-11(14)3-8(15)6-16-13/h3,6,9-10H,2,4-5,7H2,1H3,(H,16,17)(H,19,20). The number of rotatable bonds is 6. The van der Waals surface area contributed by atoms with Crippen molar-refractivity contribution in [1.82, 2.24) is 9.88 Å². The van der Waals surface area contributed by atoms with Crippen molar-refractivity contribution in [2.45, 2.75) is 31.8 Å². The maximum atomic E-state index is 10.8. The highest BCUT2D eigenvalue weighted by Gasteiger charge is 2.34. The van der Waals surface area contributed by atoms with E-state index in [-0.39, 0.29) is 6.54 Å². The first kappa shape index (κ1) is 15.5. The number of anilines is 1. The lowest BCUT2D eigenvalue weighted by Crippen LogP contribution is -2.51. The summed E-state index contributed by atoms with van der Waals surface area (Å²) in [4.78, 5) is 17.0. The molecule has 1 aliphatic carbocycles. The zero-order valence-electron chi connectivity index (χ0n) is 11.1. The highest BCUT2D eigenvalue weighted by molar-refractivity contribution is 9.10. The van der Waals surface area contributed by atoms with E-state index in [2.05, 4.69) is 26.2 Å². The van der Waals surface area contributed by atoms with Gasteiger partial charge in [-0.05, 0) is 41.4 Å². The second-order valence-electron chi connectivity index (χ2n) is 4.91. The van der Waals surface area contributed by atoms with E-state index in [9.17, 15) is 4.79 Å². The van der Waals surface area contributed by atoms with Crippen molar-refractivity contribution in [3.05, 3.63) is 21.8 Å². The Hall–Kier alpha value is -0.850. The lowest BCUT2D eigenvalue weighted by molar-refractivity contribution is -0.139. The van der Waals surface area contributed by atoms with Crippen molar-refractivity contribution in [2.24, 2.45) is 0 Å². The Labute approximate surface area is 131 Å². The van der Waals surface area contributed by atoms with Crippen LogP contribution >= 0.6 is 27.5 Å². The molecule has 0 bridgehead atoms. The normalized spacial score (nSPS) is 21.6. The minimum Gasteiger partial charge on any atom is -0.480 e. The Balaban J connectivity index is 1.85. The highest BCUT2D eigenvalue weighted by Crippen LogP contribution is 2.31. The first-order valence-corrected chi connectivity index (χ1v) is 7.70. The lowest BCUT2D eigenvalue weighted by Gasteiger charge is -2.42. The van der Waals surface area contributed by atoms with Crippen LogP contribution in [0.4, 0.5) is 5.82 Å². The molecule has 0 amide bonds. The van der Waals surface area contributed by atoms with Crippen LogP contribution in [0.15, 0.2) is 16.7 Å². The molecule has 1 saturated carbocycles. The molecule has 2 rings (SSSR count). The topological polar surface area (TPSA) is 65.5 Å². The number of hydrogen-bond donors (Lipinski definition) is 2. The summed E-state index contributed by atoms with van der Waals surface area (Å²) >= 11 is 9.27. The molecular formula is C13H17BrClN3O2. The number of aliphatic carboxylic acids is 1. The highest BCUT2D eigenvalue weighted by atomic mass is 79.9. The predicted molar refractivity (Wildman–Crippen MR) is 82.3 cm³/mol. The van der Waals surface area contributed by atoms with Crippen molar-refractivity contribution in [2.75, 3.05) is 18.4 Å². The molecule has 20 heavy (non-hydrogen) atoms. The van der Waals surface area contributed by atoms with E-state index in [0.717, 1.165) is 29.7 Å². The first-order valence-electron chi connectivity index (χ1n) is 6.53. The van der Waals surface area contributed by atoms with Crippen LogP contribution in [0.3, 0.4) is 0 Å². The molecule has 7 heteroatoms. The second-order valence-corrected chi connectivity index (χ2v) is 6.20. The number of carboxylic acids is 1. The van der Waals surface area contributed by atoms with Gasteiger partial charge in [0.1, 0.15) is 5.82 Å². The van der Waals surface area contributed by atoms with Crippen molar-refractivity contribution >= 4 is 39.3 Å². The third kappa shape index (κ3) is 3.84. The molecule has 1 heterocycles. The van der Waals surface area contributed by atoms with Gasteiger partial charge in [-0.15, -0.1) is 0 Å². The molecule has 5 nitrogen and oxygen atoms in total. The van der Waals surface area contributed by atoms with Gasteiger partial charge in [0, 0.05) is 18.3 Å². The van der Waals surface area contributed by atoms with E-state index in [1.54, 1.807) is 12.3 Å². The van der Waals surface area contributed by atoms with Gasteiger partial charge in [-0.1, -0.05) is 18.5 Å². The Kier molecular flexibility index (Phi) is 5.23. The van der Waals surface area contributed by atoms with Gasteiger partial charge in [0.25, 0.3) is 0 Å². The Morgan fingerprint density at radius 3 is 2.90 bits per heavy atom. The van der Waals surface area contributed by atoms with Gasteiger partial charge in [0.2, 0.25) is 0 Å². The molecule has 110 valence electrons. The number of nitrogens with zero attached hydrogens (tertiary/aromatic N) is 2. The molecular weight excluding hydrogens is 346 g/mol. The minimum absolute atomic E-state index is 0.108. The predicted octanol–water partition coefficient (Wildman–Crippen LogP) is 2.85. The molecule has 0 aromatic carbocycles. The summed E-state index contributed by atoms with van der Waals surface area (Å²) in [7, 11) is 0. The van der Waals surface area contributed by atoms with Crippen LogP contribution in [0, 0.1) is 0 Å². The van der Waals surface area contributed by atoms with Crippen LogP contribution in [0.2, 0.25) is 5.02 Å². The fourth-order valence-electron chi connectivity index (χ4n) is 2.39. The monoisotopic (exact) mass is 361 g/mol. The largest absolute Gasteiger partial charge is 0.480 e. The van der Waals surface area contributed by atoms with Gasteiger partial charge < -0.3 is 10.4 Å². The summed E-state index contributed by atoms with van der Waals surface area (Å²) in [5, 5.41) is 12.8. The van der Waals surface area contributed by atoms with Crippen LogP contribution in [0.5, 0.6) is 0 Å². The Morgan fingerprint density at radius 1 is 1.65 bits per heavy atom. The lowest BCUT2D eigenvalue weighted by atomic mass is 9.85. The maximum Gasteiger partial charge on any atom is 0.317 e. The minimum atomic E-state index is -0.773. The number of aromatic nitrogens is 1. The molecule has 0 spiro atoms. The quantitative estimate of drug-likeness (QED) is 0.814. The SMILES string of the molecule is CCN(CC(=O)O)C1CC(Nc2ncc(Cl)cc2Br)C1. The maximum absolute atomic E-state index is 10.8. The van der Waals surface area contributed by atoms with Gasteiger partial charge in [0.15, 0.2) is 0 Å². The first-order chi connectivity index (χ1) is 9.49. The Morgan fingerprint density at radius 2 is 2.35 bits per heavy atom. The van der Waals surface area contributed by atoms with Crippen molar-refractivity contribution in [3.63, 3.8) is 0 Å². The van der Waals surface area contributed by atoms with E-state index >= 15 is 0 Å². The fourth-order valence-corrected chi connectivity index (χ4v) is 3.14. The van der Waals surface area contributed by atoms with Crippen LogP contribution in [0.1, 0.15) is 19.8 Å². The summed E-state index contributed by atoms with van der Waals surface area (Å²) in [6.45, 7) is 2.85. The number of hydrogen-bond acceptors (Lipinski definition) is 4. The number of carboxylic acid groups (broad SMARTS) is 1. The molecule has 0 radical (unpaired) electrons. The van der Waals surface area contributed by atoms with E-state index < -0.39 is 5.97 Å². The fraction of sp³-hybridized carbons (Fsp3) is 0.538. The smallest absolute Gasteiger partial charge is 0.317 e. The molecule has 0 atom stereocenters. The van der Waals surface area contributed by atoms with E-state index in [1.807, 2.05) is 11.8 Å². The van der Waals surface area contributed by atoms with Gasteiger partial charge in [-0.2, -0.15) is 0 Å². The van der Waals surface area contributed by atoms with Crippen LogP contribution in [-0.2, 0) is 4.79 Å². The second kappa shape index (κ2) is 6.74. The van der Waals surface area contributed by atoms with E-state index in [1.165, 1.54) is 0 Å². The molecule has 0 aliphatic heterocycles. The molecule has 1 fully saturated rings. The Bertz CT molecular complexity index is 495. The molecule has 1 aromatic heterocycles. The molecule has 1 aromatic rings. The third-order valence-electron chi connectivity index (χ3n) is 3.52. The molecule has 2 N–H and O–H groups in total. The van der Waals surface area contributed by atoms with Crippen molar-refractivity contribution in [1.29, 1.82) is 0 Å². The number of pyridine rings is 1. The van der Waals surface area contributed by atoms with Gasteiger partial charge >= 0.3 is 5.97 Å². The van der Waals surface area contributed by atoms with E-state index in [4.69, 9.17) is 16.7 Å². The third-order valence-corrected chi connectivity index (χ3v) is 4.33. The average molecular weight is 363 g/mol. The average Bonchev–Trinajstić information content (AvgIpc) is 2.33. The summed E-state index contributed by atoms with van der Waals surface area (Å²) in [6, 6.07) is 2.46. The zero-order chi connectivity index (χ0) is 14.7. The number of halogens is 2. The van der Waals surface area contributed by atoms with Crippen molar-refractivity contribution in [3.8, 4) is 0 Å². The molecule has 0 saturated heterocycles. The summed E-state index contributed by atoms with van der Waals surface area (Å²) in [5.41, 5.74) is 0. The van der Waals surface area contributed by atoms with Crippen LogP contribution in [-0.4, -0.2) is 46.1 Å². The molecule has 0 unspecified atom stereocenters. The number of nitrogens with one attached hydrogen (secondary N) is 1.